The molecule has 0 radical (unpaired) electrons. The molecule has 1 amide bonds. The molecule has 1 atom stereocenters. The zero-order valence-corrected chi connectivity index (χ0v) is 12.4. The number of aromatic nitrogens is 3. The fraction of sp³-hybridized carbons (Fsp3) is 0.235. The second kappa shape index (κ2) is 6.39. The molecular weight excluding hydrogens is 276 g/mol. The summed E-state index contributed by atoms with van der Waals surface area (Å²) in [6, 6.07) is 13.3. The third-order valence-electron chi connectivity index (χ3n) is 3.68. The molecule has 5 heteroatoms. The van der Waals surface area contributed by atoms with Gasteiger partial charge in [-0.2, -0.15) is 0 Å². The molecule has 0 aliphatic carbocycles. The molecule has 0 aliphatic heterocycles. The van der Waals surface area contributed by atoms with E-state index in [1.807, 2.05) is 54.0 Å². The Morgan fingerprint density at radius 1 is 1.18 bits per heavy atom. The quantitative estimate of drug-likeness (QED) is 0.786. The summed E-state index contributed by atoms with van der Waals surface area (Å²) in [5, 5.41) is 2.96. The average molecular weight is 294 g/mol. The molecule has 2 heterocycles. The number of nitrogens with zero attached hydrogens (tertiary/aromatic N) is 3. The highest BCUT2D eigenvalue weighted by molar-refractivity contribution is 5.83. The summed E-state index contributed by atoms with van der Waals surface area (Å²) in [6.45, 7) is 2.46. The predicted octanol–water partition coefficient (Wildman–Crippen LogP) is 2.35. The molecule has 0 spiro atoms. The van der Waals surface area contributed by atoms with E-state index in [-0.39, 0.29) is 11.9 Å². The van der Waals surface area contributed by atoms with Crippen molar-refractivity contribution >= 4 is 16.9 Å². The monoisotopic (exact) mass is 294 g/mol. The van der Waals surface area contributed by atoms with Crippen molar-refractivity contribution in [3.63, 3.8) is 0 Å². The minimum atomic E-state index is -0.295. The second-order valence-electron chi connectivity index (χ2n) is 5.18. The topological polar surface area (TPSA) is 59.8 Å². The number of carbonyl (C=O) groups is 1. The van der Waals surface area contributed by atoms with Gasteiger partial charge in [-0.25, -0.2) is 4.98 Å². The Labute approximate surface area is 129 Å². The molecule has 0 bridgehead atoms. The molecule has 1 aromatic carbocycles. The van der Waals surface area contributed by atoms with Gasteiger partial charge < -0.3 is 9.88 Å². The van der Waals surface area contributed by atoms with Crippen LogP contribution in [-0.4, -0.2) is 27.0 Å². The SMILES string of the molecule is CC(C(=O)NCCc1ccccn1)n1cnc2ccccc21. The molecule has 0 saturated carbocycles. The first-order valence-electron chi connectivity index (χ1n) is 7.35. The third-order valence-corrected chi connectivity index (χ3v) is 3.68. The smallest absolute Gasteiger partial charge is 0.242 e. The van der Waals surface area contributed by atoms with E-state index >= 15 is 0 Å². The Morgan fingerprint density at radius 2 is 2.00 bits per heavy atom. The van der Waals surface area contributed by atoms with Crippen molar-refractivity contribution in [2.24, 2.45) is 0 Å². The number of fused-ring (bicyclic) bond motifs is 1. The normalized spacial score (nSPS) is 12.2. The number of rotatable bonds is 5. The number of para-hydroxylation sites is 2. The fourth-order valence-electron chi connectivity index (χ4n) is 2.42. The van der Waals surface area contributed by atoms with Gasteiger partial charge in [0.2, 0.25) is 5.91 Å². The van der Waals surface area contributed by atoms with Crippen molar-refractivity contribution < 1.29 is 4.79 Å². The highest BCUT2D eigenvalue weighted by Crippen LogP contribution is 2.17. The number of hydrogen-bond acceptors (Lipinski definition) is 3. The summed E-state index contributed by atoms with van der Waals surface area (Å²) in [5.41, 5.74) is 2.84. The lowest BCUT2D eigenvalue weighted by Gasteiger charge is -2.14. The number of pyridine rings is 1. The van der Waals surface area contributed by atoms with Gasteiger partial charge >= 0.3 is 0 Å². The first-order valence-corrected chi connectivity index (χ1v) is 7.35. The Morgan fingerprint density at radius 3 is 2.82 bits per heavy atom. The van der Waals surface area contributed by atoms with Gasteiger partial charge in [-0.15, -0.1) is 0 Å². The number of carbonyl (C=O) groups excluding carboxylic acids is 1. The van der Waals surface area contributed by atoms with Crippen molar-refractivity contribution in [1.82, 2.24) is 19.9 Å². The van der Waals surface area contributed by atoms with E-state index in [0.717, 1.165) is 23.1 Å². The lowest BCUT2D eigenvalue weighted by atomic mass is 10.2. The number of benzene rings is 1. The van der Waals surface area contributed by atoms with E-state index < -0.39 is 0 Å². The summed E-state index contributed by atoms with van der Waals surface area (Å²) in [5.74, 6) is -0.0147. The van der Waals surface area contributed by atoms with Crippen molar-refractivity contribution in [3.8, 4) is 0 Å². The van der Waals surface area contributed by atoms with E-state index in [2.05, 4.69) is 15.3 Å². The molecule has 0 fully saturated rings. The zero-order chi connectivity index (χ0) is 15.4. The Balaban J connectivity index is 1.62. The molecule has 5 nitrogen and oxygen atoms in total. The maximum atomic E-state index is 12.3. The molecular formula is C17H18N4O. The van der Waals surface area contributed by atoms with Crippen LogP contribution in [0.3, 0.4) is 0 Å². The number of imidazole rings is 1. The molecule has 3 aromatic rings. The largest absolute Gasteiger partial charge is 0.354 e. The maximum absolute atomic E-state index is 12.3. The van der Waals surface area contributed by atoms with Crippen molar-refractivity contribution in [2.45, 2.75) is 19.4 Å². The van der Waals surface area contributed by atoms with Crippen LogP contribution in [0.1, 0.15) is 18.7 Å². The Kier molecular flexibility index (Phi) is 4.14. The minimum absolute atomic E-state index is 0.0147. The van der Waals surface area contributed by atoms with Crippen LogP contribution in [0.4, 0.5) is 0 Å². The molecule has 1 unspecified atom stereocenters. The molecule has 0 saturated heterocycles. The van der Waals surface area contributed by atoms with Gasteiger partial charge in [-0.1, -0.05) is 18.2 Å². The van der Waals surface area contributed by atoms with E-state index in [4.69, 9.17) is 0 Å². The summed E-state index contributed by atoms with van der Waals surface area (Å²) >= 11 is 0. The summed E-state index contributed by atoms with van der Waals surface area (Å²) in [4.78, 5) is 20.9. The molecule has 112 valence electrons. The molecule has 0 aliphatic rings. The van der Waals surface area contributed by atoms with Gasteiger partial charge in [-0.3, -0.25) is 9.78 Å². The Bertz CT molecular complexity index is 766. The molecule has 2 aromatic heterocycles. The highest BCUT2D eigenvalue weighted by atomic mass is 16.2. The molecule has 1 N–H and O–H groups in total. The van der Waals surface area contributed by atoms with Crippen LogP contribution in [0.25, 0.3) is 11.0 Å². The first-order chi connectivity index (χ1) is 10.8. The van der Waals surface area contributed by atoms with E-state index in [1.165, 1.54) is 0 Å². The minimum Gasteiger partial charge on any atom is -0.354 e. The zero-order valence-electron chi connectivity index (χ0n) is 12.4. The van der Waals surface area contributed by atoms with Crippen LogP contribution < -0.4 is 5.32 Å². The predicted molar refractivity (Wildman–Crippen MR) is 85.4 cm³/mol. The van der Waals surface area contributed by atoms with Gasteiger partial charge in [0.25, 0.3) is 0 Å². The van der Waals surface area contributed by atoms with Crippen LogP contribution >= 0.6 is 0 Å². The summed E-state index contributed by atoms with van der Waals surface area (Å²) < 4.78 is 1.89. The highest BCUT2D eigenvalue weighted by Gasteiger charge is 2.16. The van der Waals surface area contributed by atoms with E-state index in [9.17, 15) is 4.79 Å². The van der Waals surface area contributed by atoms with Crippen LogP contribution in [0.2, 0.25) is 0 Å². The molecule has 22 heavy (non-hydrogen) atoms. The van der Waals surface area contributed by atoms with Crippen LogP contribution in [0, 0.1) is 0 Å². The summed E-state index contributed by atoms with van der Waals surface area (Å²) in [7, 11) is 0. The van der Waals surface area contributed by atoms with E-state index in [1.54, 1.807) is 12.5 Å². The van der Waals surface area contributed by atoms with Crippen molar-refractivity contribution in [3.05, 3.63) is 60.7 Å². The van der Waals surface area contributed by atoms with Crippen LogP contribution in [-0.2, 0) is 11.2 Å². The first kappa shape index (κ1) is 14.3. The summed E-state index contributed by atoms with van der Waals surface area (Å²) in [6.07, 6.45) is 4.20. The standard InChI is InChI=1S/C17H18N4O/c1-13(21-12-20-15-7-2-3-8-16(15)21)17(22)19-11-9-14-6-4-5-10-18-14/h2-8,10,12-13H,9,11H2,1H3,(H,19,22). The number of hydrogen-bond donors (Lipinski definition) is 1. The van der Waals surface area contributed by atoms with Gasteiger partial charge in [0.05, 0.1) is 17.4 Å². The number of amides is 1. The fourth-order valence-corrected chi connectivity index (χ4v) is 2.42. The van der Waals surface area contributed by atoms with Crippen molar-refractivity contribution in [2.75, 3.05) is 6.54 Å². The third kappa shape index (κ3) is 2.98. The van der Waals surface area contributed by atoms with Gasteiger partial charge in [0.15, 0.2) is 0 Å². The van der Waals surface area contributed by atoms with E-state index in [0.29, 0.717) is 6.54 Å². The molecule has 3 rings (SSSR count). The van der Waals surface area contributed by atoms with Crippen LogP contribution in [0.5, 0.6) is 0 Å². The van der Waals surface area contributed by atoms with Gasteiger partial charge in [0.1, 0.15) is 6.04 Å². The Hall–Kier alpha value is -2.69. The van der Waals surface area contributed by atoms with Gasteiger partial charge in [-0.05, 0) is 31.2 Å². The van der Waals surface area contributed by atoms with Crippen LogP contribution in [0.15, 0.2) is 55.0 Å². The van der Waals surface area contributed by atoms with Gasteiger partial charge in [0, 0.05) is 24.9 Å². The lowest BCUT2D eigenvalue weighted by molar-refractivity contribution is -0.123. The number of nitrogens with one attached hydrogen (secondary N) is 1. The van der Waals surface area contributed by atoms with Crippen molar-refractivity contribution in [1.29, 1.82) is 0 Å². The maximum Gasteiger partial charge on any atom is 0.242 e. The lowest BCUT2D eigenvalue weighted by Crippen LogP contribution is -2.32. The average Bonchev–Trinajstić information content (AvgIpc) is 2.99. The second-order valence-corrected chi connectivity index (χ2v) is 5.18.